The van der Waals surface area contributed by atoms with E-state index in [2.05, 4.69) is 29.8 Å². The number of alkyl halides is 2. The van der Waals surface area contributed by atoms with Crippen molar-refractivity contribution in [2.24, 2.45) is 0 Å². The van der Waals surface area contributed by atoms with Crippen LogP contribution in [0.2, 0.25) is 0 Å². The molecule has 0 bridgehead atoms. The molecule has 0 aromatic carbocycles. The van der Waals surface area contributed by atoms with E-state index in [4.69, 9.17) is 0 Å². The number of anilines is 3. The van der Waals surface area contributed by atoms with Crippen LogP contribution in [0.1, 0.15) is 52.3 Å². The molecule has 0 saturated carbocycles. The van der Waals surface area contributed by atoms with E-state index in [-0.39, 0.29) is 41.0 Å². The molecule has 3 atom stereocenters. The van der Waals surface area contributed by atoms with Crippen LogP contribution in [0.5, 0.6) is 5.75 Å². The third-order valence-electron chi connectivity index (χ3n) is 8.14. The largest absolute Gasteiger partial charge is 0.431 e. The first-order valence-electron chi connectivity index (χ1n) is 12.9. The Labute approximate surface area is 230 Å². The minimum atomic E-state index is -3.46. The zero-order valence-corrected chi connectivity index (χ0v) is 23.6. The lowest BCUT2D eigenvalue weighted by Crippen LogP contribution is -2.66. The standard InChI is InChI=1S/C25H30F2N8O4S/c1-14-11-34(22(36)25(5)6-7-40(25,37)38)15(2)10-33(14)20-19-21(30-13-29-20)35(12-24(19,3)4)18-8-17(39-23(26)27)16(9-28)31-32-18/h8,13-15,23H,6-7,10-12H2,1-5H3/t14-,15+,25-/m0/s1. The van der Waals surface area contributed by atoms with Crippen molar-refractivity contribution in [3.05, 3.63) is 23.7 Å². The Hall–Kier alpha value is -3.67. The lowest BCUT2D eigenvalue weighted by Gasteiger charge is -2.49. The van der Waals surface area contributed by atoms with Crippen LogP contribution in [-0.4, -0.2) is 88.2 Å². The van der Waals surface area contributed by atoms with Gasteiger partial charge in [-0.2, -0.15) is 14.0 Å². The van der Waals surface area contributed by atoms with E-state index >= 15 is 0 Å². The highest BCUT2D eigenvalue weighted by Gasteiger charge is 2.57. The van der Waals surface area contributed by atoms with E-state index in [9.17, 15) is 27.3 Å². The Bertz CT molecular complexity index is 1510. The fourth-order valence-corrected chi connectivity index (χ4v) is 7.25. The maximum Gasteiger partial charge on any atom is 0.387 e. The number of rotatable bonds is 5. The summed E-state index contributed by atoms with van der Waals surface area (Å²) in [5.41, 5.74) is -0.0519. The SMILES string of the molecule is C[C@@H]1CN(c2ncnc3c2C(C)(C)CN3c2cc(OC(F)F)c(C#N)nn2)[C@@H](C)CN1C(=O)[C@]1(C)CCS1(=O)=O. The quantitative estimate of drug-likeness (QED) is 0.516. The van der Waals surface area contributed by atoms with Gasteiger partial charge in [-0.15, -0.1) is 10.2 Å². The van der Waals surface area contributed by atoms with Crippen LogP contribution in [0.4, 0.5) is 26.2 Å². The summed E-state index contributed by atoms with van der Waals surface area (Å²) < 4.78 is 53.9. The first-order valence-corrected chi connectivity index (χ1v) is 14.5. The number of hydrogen-bond acceptors (Lipinski definition) is 11. The second kappa shape index (κ2) is 9.46. The third kappa shape index (κ3) is 4.29. The molecule has 2 aromatic heterocycles. The molecule has 1 amide bonds. The molecular formula is C25H30F2N8O4S. The molecule has 5 rings (SSSR count). The maximum absolute atomic E-state index is 13.4. The fourth-order valence-electron chi connectivity index (χ4n) is 5.72. The van der Waals surface area contributed by atoms with Crippen molar-refractivity contribution in [2.45, 2.75) is 69.9 Å². The van der Waals surface area contributed by atoms with E-state index < -0.39 is 26.6 Å². The number of carbonyl (C=O) groups is 1. The summed E-state index contributed by atoms with van der Waals surface area (Å²) in [4.78, 5) is 27.9. The Kier molecular flexibility index (Phi) is 6.60. The average Bonchev–Trinajstić information content (AvgIpc) is 3.18. The van der Waals surface area contributed by atoms with E-state index in [1.54, 1.807) is 15.9 Å². The number of piperazine rings is 1. The molecule has 2 saturated heterocycles. The minimum absolute atomic E-state index is 0.0250. The number of nitriles is 1. The average molecular weight is 577 g/mol. The zero-order chi connectivity index (χ0) is 29.2. The highest BCUT2D eigenvalue weighted by atomic mass is 32.2. The third-order valence-corrected chi connectivity index (χ3v) is 10.6. The van der Waals surface area contributed by atoms with Gasteiger partial charge in [-0.25, -0.2) is 18.4 Å². The predicted molar refractivity (Wildman–Crippen MR) is 140 cm³/mol. The van der Waals surface area contributed by atoms with Crippen LogP contribution in [0.15, 0.2) is 12.4 Å². The Balaban J connectivity index is 1.47. The Morgan fingerprint density at radius 2 is 1.85 bits per heavy atom. The van der Waals surface area contributed by atoms with E-state index in [0.717, 1.165) is 5.56 Å². The molecule has 0 unspecified atom stereocenters. The number of carbonyl (C=O) groups excluding carboxylic acids is 1. The van der Waals surface area contributed by atoms with Crippen molar-refractivity contribution >= 4 is 33.2 Å². The van der Waals surface area contributed by atoms with Gasteiger partial charge in [0.2, 0.25) is 11.6 Å². The van der Waals surface area contributed by atoms with Gasteiger partial charge in [-0.1, -0.05) is 13.8 Å². The second-order valence-corrected chi connectivity index (χ2v) is 13.9. The molecule has 12 nitrogen and oxygen atoms in total. The Morgan fingerprint density at radius 1 is 1.15 bits per heavy atom. The van der Waals surface area contributed by atoms with Crippen LogP contribution in [-0.2, 0) is 20.0 Å². The number of halogens is 2. The van der Waals surface area contributed by atoms with Gasteiger partial charge < -0.3 is 19.4 Å². The second-order valence-electron chi connectivity index (χ2n) is 11.4. The number of hydrogen-bond donors (Lipinski definition) is 0. The first-order chi connectivity index (χ1) is 18.7. The van der Waals surface area contributed by atoms with Crippen molar-refractivity contribution in [3.8, 4) is 11.8 Å². The molecule has 3 aliphatic rings. The maximum atomic E-state index is 13.4. The number of sulfone groups is 1. The van der Waals surface area contributed by atoms with Gasteiger partial charge in [-0.05, 0) is 27.2 Å². The first kappa shape index (κ1) is 27.9. The molecule has 5 heterocycles. The van der Waals surface area contributed by atoms with Crippen molar-refractivity contribution in [2.75, 3.05) is 35.2 Å². The highest BCUT2D eigenvalue weighted by molar-refractivity contribution is 7.95. The molecule has 3 aliphatic heterocycles. The summed E-state index contributed by atoms with van der Waals surface area (Å²) in [5.74, 6) is 0.655. The van der Waals surface area contributed by atoms with Crippen LogP contribution < -0.4 is 14.5 Å². The van der Waals surface area contributed by atoms with Crippen molar-refractivity contribution in [1.29, 1.82) is 5.26 Å². The van der Waals surface area contributed by atoms with Gasteiger partial charge in [0.1, 0.15) is 28.8 Å². The van der Waals surface area contributed by atoms with E-state index in [1.807, 2.05) is 27.7 Å². The van der Waals surface area contributed by atoms with Crippen molar-refractivity contribution in [1.82, 2.24) is 25.1 Å². The lowest BCUT2D eigenvalue weighted by molar-refractivity contribution is -0.137. The highest BCUT2D eigenvalue weighted by Crippen LogP contribution is 2.47. The summed E-state index contributed by atoms with van der Waals surface area (Å²) in [5, 5.41) is 17.1. The number of nitrogens with zero attached hydrogens (tertiary/aromatic N) is 8. The number of amides is 1. The fraction of sp³-hybridized carbons (Fsp3) is 0.600. The predicted octanol–water partition coefficient (Wildman–Crippen LogP) is 2.17. The molecule has 0 spiro atoms. The van der Waals surface area contributed by atoms with Gasteiger partial charge in [0.25, 0.3) is 0 Å². The van der Waals surface area contributed by atoms with Gasteiger partial charge in [0.15, 0.2) is 21.4 Å². The van der Waals surface area contributed by atoms with Crippen molar-refractivity contribution < 1.29 is 26.7 Å². The molecular weight excluding hydrogens is 546 g/mol. The monoisotopic (exact) mass is 576 g/mol. The number of fused-ring (bicyclic) bond motifs is 1. The molecule has 0 radical (unpaired) electrons. The topological polar surface area (TPSA) is 146 Å². The van der Waals surface area contributed by atoms with E-state index in [1.165, 1.54) is 19.3 Å². The van der Waals surface area contributed by atoms with Crippen LogP contribution in [0, 0.1) is 11.3 Å². The molecule has 15 heteroatoms. The van der Waals surface area contributed by atoms with Gasteiger partial charge >= 0.3 is 6.61 Å². The summed E-state index contributed by atoms with van der Waals surface area (Å²) in [7, 11) is -3.46. The molecule has 214 valence electrons. The summed E-state index contributed by atoms with van der Waals surface area (Å²) >= 11 is 0. The van der Waals surface area contributed by atoms with Crippen LogP contribution in [0.3, 0.4) is 0 Å². The minimum Gasteiger partial charge on any atom is -0.431 e. The molecule has 2 aromatic rings. The summed E-state index contributed by atoms with van der Waals surface area (Å²) in [6.45, 7) is 7.35. The van der Waals surface area contributed by atoms with Gasteiger partial charge in [0, 0.05) is 48.8 Å². The number of aromatic nitrogens is 4. The van der Waals surface area contributed by atoms with Crippen LogP contribution >= 0.6 is 0 Å². The van der Waals surface area contributed by atoms with Crippen LogP contribution in [0.25, 0.3) is 0 Å². The summed E-state index contributed by atoms with van der Waals surface area (Å²) in [6.07, 6.45) is 1.73. The zero-order valence-electron chi connectivity index (χ0n) is 22.8. The summed E-state index contributed by atoms with van der Waals surface area (Å²) in [6, 6.07) is 2.49. The molecule has 2 fully saturated rings. The smallest absolute Gasteiger partial charge is 0.387 e. The normalized spacial score (nSPS) is 26.7. The molecule has 0 aliphatic carbocycles. The Morgan fingerprint density at radius 3 is 2.45 bits per heavy atom. The number of ether oxygens (including phenoxy) is 1. The molecule has 0 N–H and O–H groups in total. The van der Waals surface area contributed by atoms with E-state index in [0.29, 0.717) is 37.7 Å². The van der Waals surface area contributed by atoms with Gasteiger partial charge in [-0.3, -0.25) is 4.79 Å². The lowest BCUT2D eigenvalue weighted by atomic mass is 9.87. The van der Waals surface area contributed by atoms with Crippen molar-refractivity contribution in [3.63, 3.8) is 0 Å². The molecule has 40 heavy (non-hydrogen) atoms. The van der Waals surface area contributed by atoms with Gasteiger partial charge in [0.05, 0.1) is 5.75 Å².